The highest BCUT2D eigenvalue weighted by Gasteiger charge is 2.08. The second kappa shape index (κ2) is 5.66. The predicted molar refractivity (Wildman–Crippen MR) is 64.9 cm³/mol. The maximum atomic E-state index is 11.8. The maximum Gasteiger partial charge on any atom is 0.162 e. The summed E-state index contributed by atoms with van der Waals surface area (Å²) in [6, 6.07) is 5.56. The fourth-order valence-electron chi connectivity index (χ4n) is 1.55. The molecule has 88 valence electrons. The molecular weight excluding hydrogens is 202 g/mol. The molecule has 0 saturated heterocycles. The lowest BCUT2D eigenvalue weighted by atomic mass is 10.0. The summed E-state index contributed by atoms with van der Waals surface area (Å²) < 4.78 is 5.15. The van der Waals surface area contributed by atoms with Crippen LogP contribution in [0.15, 0.2) is 18.2 Å². The first-order valence-electron chi connectivity index (χ1n) is 5.48. The number of carbonyl (C=O) groups is 1. The van der Waals surface area contributed by atoms with Gasteiger partial charge in [-0.2, -0.15) is 0 Å². The molecular formula is C13H19NO2. The van der Waals surface area contributed by atoms with Crippen LogP contribution in [0.4, 0.5) is 0 Å². The van der Waals surface area contributed by atoms with E-state index in [4.69, 9.17) is 10.5 Å². The van der Waals surface area contributed by atoms with E-state index in [1.165, 1.54) is 0 Å². The van der Waals surface area contributed by atoms with Crippen LogP contribution < -0.4 is 10.5 Å². The molecule has 0 saturated carbocycles. The van der Waals surface area contributed by atoms with E-state index >= 15 is 0 Å². The summed E-state index contributed by atoms with van der Waals surface area (Å²) in [5.41, 5.74) is 7.34. The minimum Gasteiger partial charge on any atom is -0.496 e. The van der Waals surface area contributed by atoms with Crippen molar-refractivity contribution in [2.24, 2.45) is 5.73 Å². The van der Waals surface area contributed by atoms with Gasteiger partial charge in [0.15, 0.2) is 5.78 Å². The van der Waals surface area contributed by atoms with Crippen molar-refractivity contribution in [1.29, 1.82) is 0 Å². The van der Waals surface area contributed by atoms with Gasteiger partial charge in [-0.25, -0.2) is 0 Å². The van der Waals surface area contributed by atoms with Gasteiger partial charge >= 0.3 is 0 Å². The molecule has 0 aromatic heterocycles. The van der Waals surface area contributed by atoms with Gasteiger partial charge in [0, 0.05) is 18.0 Å². The molecule has 0 spiro atoms. The molecule has 1 atom stereocenters. The van der Waals surface area contributed by atoms with Crippen molar-refractivity contribution in [1.82, 2.24) is 0 Å². The Morgan fingerprint density at radius 3 is 2.69 bits per heavy atom. The van der Waals surface area contributed by atoms with E-state index in [2.05, 4.69) is 0 Å². The lowest BCUT2D eigenvalue weighted by Crippen LogP contribution is -2.16. The van der Waals surface area contributed by atoms with Crippen LogP contribution in [-0.4, -0.2) is 18.9 Å². The Morgan fingerprint density at radius 1 is 1.50 bits per heavy atom. The zero-order chi connectivity index (χ0) is 12.1. The van der Waals surface area contributed by atoms with Gasteiger partial charge in [-0.3, -0.25) is 4.79 Å². The third-order valence-corrected chi connectivity index (χ3v) is 2.54. The predicted octanol–water partition coefficient (Wildman–Crippen LogP) is 2.31. The summed E-state index contributed by atoms with van der Waals surface area (Å²) in [5.74, 6) is 0.951. The van der Waals surface area contributed by atoms with Crippen molar-refractivity contribution in [2.75, 3.05) is 7.11 Å². The first kappa shape index (κ1) is 12.7. The smallest absolute Gasteiger partial charge is 0.162 e. The van der Waals surface area contributed by atoms with E-state index < -0.39 is 0 Å². The summed E-state index contributed by atoms with van der Waals surface area (Å²) in [7, 11) is 1.62. The molecule has 1 unspecified atom stereocenters. The van der Waals surface area contributed by atoms with Crippen molar-refractivity contribution in [2.45, 2.75) is 32.7 Å². The minimum atomic E-state index is 0.0725. The Morgan fingerprint density at radius 2 is 2.19 bits per heavy atom. The highest BCUT2D eigenvalue weighted by molar-refractivity contribution is 5.96. The second-order valence-corrected chi connectivity index (χ2v) is 4.12. The average Bonchev–Trinajstić information content (AvgIpc) is 2.25. The minimum absolute atomic E-state index is 0.0725. The third kappa shape index (κ3) is 3.35. The Kier molecular flexibility index (Phi) is 4.50. The van der Waals surface area contributed by atoms with Crippen molar-refractivity contribution in [3.8, 4) is 5.75 Å². The van der Waals surface area contributed by atoms with Crippen molar-refractivity contribution in [3.63, 3.8) is 0 Å². The Labute approximate surface area is 96.6 Å². The largest absolute Gasteiger partial charge is 0.496 e. The fraction of sp³-hybridized carbons (Fsp3) is 0.462. The number of carbonyl (C=O) groups excluding carboxylic acids is 1. The van der Waals surface area contributed by atoms with E-state index in [-0.39, 0.29) is 11.8 Å². The van der Waals surface area contributed by atoms with Crippen LogP contribution in [0.5, 0.6) is 5.75 Å². The van der Waals surface area contributed by atoms with E-state index in [1.54, 1.807) is 13.2 Å². The van der Waals surface area contributed by atoms with Crippen LogP contribution >= 0.6 is 0 Å². The second-order valence-electron chi connectivity index (χ2n) is 4.12. The van der Waals surface area contributed by atoms with Gasteiger partial charge in [0.2, 0.25) is 0 Å². The quantitative estimate of drug-likeness (QED) is 0.776. The topological polar surface area (TPSA) is 52.3 Å². The van der Waals surface area contributed by atoms with Gasteiger partial charge in [-0.15, -0.1) is 0 Å². The fourth-order valence-corrected chi connectivity index (χ4v) is 1.55. The number of aryl methyl sites for hydroxylation is 1. The molecule has 0 aliphatic rings. The summed E-state index contributed by atoms with van der Waals surface area (Å²) in [4.78, 5) is 11.8. The highest BCUT2D eigenvalue weighted by atomic mass is 16.5. The first-order chi connectivity index (χ1) is 7.54. The number of ketones is 1. The van der Waals surface area contributed by atoms with E-state index in [1.807, 2.05) is 26.0 Å². The lowest BCUT2D eigenvalue weighted by molar-refractivity contribution is 0.0978. The zero-order valence-corrected chi connectivity index (χ0v) is 10.1. The van der Waals surface area contributed by atoms with E-state index in [9.17, 15) is 4.79 Å². The molecule has 0 amide bonds. The monoisotopic (exact) mass is 221 g/mol. The standard InChI is InChI=1S/C13H19NO2/c1-9-8-11(5-7-13(9)16-3)12(15)6-4-10(2)14/h5,7-8,10H,4,6,14H2,1-3H3. The number of benzene rings is 1. The van der Waals surface area contributed by atoms with E-state index in [0.29, 0.717) is 6.42 Å². The van der Waals surface area contributed by atoms with Gasteiger partial charge in [0.05, 0.1) is 7.11 Å². The molecule has 0 aliphatic carbocycles. The molecule has 0 aliphatic heterocycles. The highest BCUT2D eigenvalue weighted by Crippen LogP contribution is 2.19. The average molecular weight is 221 g/mol. The molecule has 3 nitrogen and oxygen atoms in total. The number of rotatable bonds is 5. The van der Waals surface area contributed by atoms with Gasteiger partial charge in [0.1, 0.15) is 5.75 Å². The molecule has 2 N–H and O–H groups in total. The van der Waals surface area contributed by atoms with Gasteiger partial charge < -0.3 is 10.5 Å². The number of ether oxygens (including phenoxy) is 1. The summed E-state index contributed by atoms with van der Waals surface area (Å²) >= 11 is 0. The number of hydrogen-bond acceptors (Lipinski definition) is 3. The number of nitrogens with two attached hydrogens (primary N) is 1. The molecule has 0 radical (unpaired) electrons. The van der Waals surface area contributed by atoms with Gasteiger partial charge in [0.25, 0.3) is 0 Å². The molecule has 1 aromatic rings. The third-order valence-electron chi connectivity index (χ3n) is 2.54. The van der Waals surface area contributed by atoms with Crippen molar-refractivity contribution >= 4 is 5.78 Å². The summed E-state index contributed by atoms with van der Waals surface area (Å²) in [5, 5.41) is 0. The normalized spacial score (nSPS) is 12.2. The molecule has 0 bridgehead atoms. The number of methoxy groups -OCH3 is 1. The van der Waals surface area contributed by atoms with Crippen LogP contribution in [0.1, 0.15) is 35.7 Å². The SMILES string of the molecule is COc1ccc(C(=O)CCC(C)N)cc1C. The van der Waals surface area contributed by atoms with Crippen LogP contribution in [0.25, 0.3) is 0 Å². The molecule has 0 heterocycles. The molecule has 3 heteroatoms. The van der Waals surface area contributed by atoms with Gasteiger partial charge in [-0.1, -0.05) is 0 Å². The van der Waals surface area contributed by atoms with Crippen LogP contribution in [0, 0.1) is 6.92 Å². The Bertz CT molecular complexity index is 372. The van der Waals surface area contributed by atoms with Crippen molar-refractivity contribution < 1.29 is 9.53 Å². The van der Waals surface area contributed by atoms with Crippen LogP contribution in [-0.2, 0) is 0 Å². The molecule has 1 aromatic carbocycles. The maximum absolute atomic E-state index is 11.8. The summed E-state index contributed by atoms with van der Waals surface area (Å²) in [6.45, 7) is 3.84. The molecule has 16 heavy (non-hydrogen) atoms. The number of hydrogen-bond donors (Lipinski definition) is 1. The number of Topliss-reactive ketones (excluding diaryl/α,β-unsaturated/α-hetero) is 1. The van der Waals surface area contributed by atoms with Crippen LogP contribution in [0.2, 0.25) is 0 Å². The lowest BCUT2D eigenvalue weighted by Gasteiger charge is -2.07. The molecule has 0 fully saturated rings. The van der Waals surface area contributed by atoms with Crippen LogP contribution in [0.3, 0.4) is 0 Å². The first-order valence-corrected chi connectivity index (χ1v) is 5.48. The summed E-state index contributed by atoms with van der Waals surface area (Å²) in [6.07, 6.45) is 1.23. The van der Waals surface area contributed by atoms with E-state index in [0.717, 1.165) is 23.3 Å². The van der Waals surface area contributed by atoms with Gasteiger partial charge in [-0.05, 0) is 44.0 Å². The Hall–Kier alpha value is -1.35. The molecule has 1 rings (SSSR count). The Balaban J connectivity index is 2.73. The zero-order valence-electron chi connectivity index (χ0n) is 10.1. The van der Waals surface area contributed by atoms with Crippen molar-refractivity contribution in [3.05, 3.63) is 29.3 Å².